The lowest BCUT2D eigenvalue weighted by atomic mass is 10.0. The highest BCUT2D eigenvalue weighted by atomic mass is 16.6. The van der Waals surface area contributed by atoms with E-state index in [0.29, 0.717) is 18.9 Å². The molecule has 0 spiro atoms. The van der Waals surface area contributed by atoms with Crippen molar-refractivity contribution in [2.45, 2.75) is 12.1 Å². The molecular weight excluding hydrogens is 354 g/mol. The normalized spacial score (nSPS) is 16.1. The van der Waals surface area contributed by atoms with E-state index in [1.807, 2.05) is 72.8 Å². The molecule has 1 aliphatic rings. The second-order valence-electron chi connectivity index (χ2n) is 6.45. The van der Waals surface area contributed by atoms with Gasteiger partial charge in [0.15, 0.2) is 17.6 Å². The molecular formula is C22H21N3O3. The van der Waals surface area contributed by atoms with Crippen LogP contribution in [0.3, 0.4) is 0 Å². The molecule has 3 aromatic rings. The van der Waals surface area contributed by atoms with Crippen LogP contribution in [0.1, 0.15) is 17.3 Å². The second-order valence-corrected chi connectivity index (χ2v) is 6.45. The fourth-order valence-electron chi connectivity index (χ4n) is 3.07. The molecule has 1 aliphatic heterocycles. The van der Waals surface area contributed by atoms with Crippen LogP contribution >= 0.6 is 0 Å². The third-order valence-electron chi connectivity index (χ3n) is 4.45. The highest BCUT2D eigenvalue weighted by Crippen LogP contribution is 2.30. The molecule has 142 valence electrons. The van der Waals surface area contributed by atoms with Gasteiger partial charge in [-0.1, -0.05) is 48.5 Å². The maximum atomic E-state index is 12.5. The van der Waals surface area contributed by atoms with Crippen molar-refractivity contribution in [2.24, 2.45) is 0 Å². The fourth-order valence-corrected chi connectivity index (χ4v) is 3.07. The van der Waals surface area contributed by atoms with E-state index in [-0.39, 0.29) is 18.2 Å². The lowest BCUT2D eigenvalue weighted by molar-refractivity contribution is 0.0917. The van der Waals surface area contributed by atoms with Crippen LogP contribution in [0.4, 0.5) is 4.79 Å². The number of fused-ring (bicyclic) bond motifs is 1. The molecule has 2 unspecified atom stereocenters. The molecule has 0 bridgehead atoms. The molecule has 6 nitrogen and oxygen atoms in total. The average Bonchev–Trinajstić information content (AvgIpc) is 2.77. The number of amides is 2. The van der Waals surface area contributed by atoms with Crippen molar-refractivity contribution in [1.82, 2.24) is 15.6 Å². The summed E-state index contributed by atoms with van der Waals surface area (Å²) in [5.41, 5.74) is 1.73. The van der Waals surface area contributed by atoms with E-state index in [0.717, 1.165) is 17.0 Å². The highest BCUT2D eigenvalue weighted by Gasteiger charge is 2.22. The van der Waals surface area contributed by atoms with Gasteiger partial charge in [-0.05, 0) is 29.8 Å². The van der Waals surface area contributed by atoms with Crippen LogP contribution in [0, 0.1) is 0 Å². The summed E-state index contributed by atoms with van der Waals surface area (Å²) in [5.74, 6) is 1.42. The lowest BCUT2D eigenvalue weighted by Crippen LogP contribution is -2.45. The van der Waals surface area contributed by atoms with Crippen LogP contribution < -0.4 is 20.1 Å². The number of hydrogen-bond acceptors (Lipinski definition) is 4. The zero-order valence-electron chi connectivity index (χ0n) is 15.2. The van der Waals surface area contributed by atoms with Crippen LogP contribution in [0.5, 0.6) is 11.5 Å². The van der Waals surface area contributed by atoms with Gasteiger partial charge in [-0.15, -0.1) is 0 Å². The molecule has 2 atom stereocenters. The smallest absolute Gasteiger partial charge is 0.315 e. The molecule has 0 saturated carbocycles. The molecule has 1 aromatic heterocycles. The summed E-state index contributed by atoms with van der Waals surface area (Å²) in [6.45, 7) is 0.726. The Morgan fingerprint density at radius 1 is 1.00 bits per heavy atom. The Balaban J connectivity index is 1.39. The number of nitrogens with zero attached hydrogens (tertiary/aromatic N) is 1. The third-order valence-corrected chi connectivity index (χ3v) is 4.45. The molecule has 2 amide bonds. The highest BCUT2D eigenvalue weighted by molar-refractivity contribution is 5.75. The first-order chi connectivity index (χ1) is 13.8. The Morgan fingerprint density at radius 3 is 2.54 bits per heavy atom. The summed E-state index contributed by atoms with van der Waals surface area (Å²) < 4.78 is 11.6. The summed E-state index contributed by atoms with van der Waals surface area (Å²) in [6.07, 6.45) is 1.47. The van der Waals surface area contributed by atoms with Crippen molar-refractivity contribution in [3.63, 3.8) is 0 Å². The molecule has 28 heavy (non-hydrogen) atoms. The summed E-state index contributed by atoms with van der Waals surface area (Å²) in [5, 5.41) is 5.87. The van der Waals surface area contributed by atoms with E-state index in [1.165, 1.54) is 0 Å². The monoisotopic (exact) mass is 375 g/mol. The van der Waals surface area contributed by atoms with Gasteiger partial charge in [0.2, 0.25) is 0 Å². The number of carbonyl (C=O) groups is 1. The predicted octanol–water partition coefficient (Wildman–Crippen LogP) is 3.31. The predicted molar refractivity (Wildman–Crippen MR) is 105 cm³/mol. The van der Waals surface area contributed by atoms with Gasteiger partial charge in [0.05, 0.1) is 18.3 Å². The van der Waals surface area contributed by atoms with Gasteiger partial charge in [0, 0.05) is 6.20 Å². The van der Waals surface area contributed by atoms with Gasteiger partial charge >= 0.3 is 6.03 Å². The zero-order valence-corrected chi connectivity index (χ0v) is 15.2. The van der Waals surface area contributed by atoms with Crippen LogP contribution in [-0.4, -0.2) is 30.3 Å². The van der Waals surface area contributed by atoms with E-state index in [2.05, 4.69) is 15.6 Å². The van der Waals surface area contributed by atoms with Crippen molar-refractivity contribution in [2.75, 3.05) is 13.2 Å². The van der Waals surface area contributed by atoms with E-state index < -0.39 is 0 Å². The maximum Gasteiger partial charge on any atom is 0.315 e. The molecule has 2 N–H and O–H groups in total. The van der Waals surface area contributed by atoms with Crippen molar-refractivity contribution >= 4 is 6.03 Å². The summed E-state index contributed by atoms with van der Waals surface area (Å²) in [7, 11) is 0. The summed E-state index contributed by atoms with van der Waals surface area (Å²) in [4.78, 5) is 16.9. The number of benzene rings is 2. The van der Waals surface area contributed by atoms with Gasteiger partial charge in [0.1, 0.15) is 6.61 Å². The quantitative estimate of drug-likeness (QED) is 0.718. The fraction of sp³-hybridized carbons (Fsp3) is 0.182. The molecule has 6 heteroatoms. The molecule has 0 radical (unpaired) electrons. The van der Waals surface area contributed by atoms with E-state index in [1.54, 1.807) is 6.20 Å². The van der Waals surface area contributed by atoms with Crippen molar-refractivity contribution < 1.29 is 14.3 Å². The van der Waals surface area contributed by atoms with Crippen LogP contribution in [0.25, 0.3) is 0 Å². The Hall–Kier alpha value is -3.54. The van der Waals surface area contributed by atoms with E-state index in [9.17, 15) is 4.79 Å². The first-order valence-corrected chi connectivity index (χ1v) is 9.18. The van der Waals surface area contributed by atoms with Gasteiger partial charge in [-0.3, -0.25) is 4.98 Å². The van der Waals surface area contributed by atoms with E-state index >= 15 is 0 Å². The Bertz CT molecular complexity index is 879. The van der Waals surface area contributed by atoms with Crippen molar-refractivity contribution in [3.8, 4) is 11.5 Å². The van der Waals surface area contributed by atoms with Crippen molar-refractivity contribution in [3.05, 3.63) is 90.3 Å². The molecule has 2 aromatic carbocycles. The standard InChI is InChI=1S/C22H21N3O3/c26-22(24-14-17-15-27-19-11-4-5-12-20(19)28-17)25-21(16-8-2-1-3-9-16)18-10-6-7-13-23-18/h1-13,17,21H,14-15H2,(H2,24,25,26). The lowest BCUT2D eigenvalue weighted by Gasteiger charge is -2.27. The first-order valence-electron chi connectivity index (χ1n) is 9.18. The summed E-state index contributed by atoms with van der Waals surface area (Å²) >= 11 is 0. The Labute approximate surface area is 163 Å². The minimum absolute atomic E-state index is 0.245. The molecule has 2 heterocycles. The zero-order chi connectivity index (χ0) is 19.2. The van der Waals surface area contributed by atoms with Crippen LogP contribution in [0.15, 0.2) is 79.0 Å². The second kappa shape index (κ2) is 8.43. The number of pyridine rings is 1. The summed E-state index contributed by atoms with van der Waals surface area (Å²) in [6, 6.07) is 22.3. The minimum atomic E-state index is -0.341. The third kappa shape index (κ3) is 4.23. The number of nitrogens with one attached hydrogen (secondary N) is 2. The topological polar surface area (TPSA) is 72.5 Å². The largest absolute Gasteiger partial charge is 0.486 e. The Morgan fingerprint density at radius 2 is 1.75 bits per heavy atom. The number of aromatic nitrogens is 1. The molecule has 0 saturated heterocycles. The van der Waals surface area contributed by atoms with Crippen LogP contribution in [0.2, 0.25) is 0 Å². The minimum Gasteiger partial charge on any atom is -0.486 e. The van der Waals surface area contributed by atoms with Gasteiger partial charge < -0.3 is 20.1 Å². The van der Waals surface area contributed by atoms with Gasteiger partial charge in [-0.2, -0.15) is 0 Å². The molecule has 4 rings (SSSR count). The number of hydrogen-bond donors (Lipinski definition) is 2. The van der Waals surface area contributed by atoms with Crippen molar-refractivity contribution in [1.29, 1.82) is 0 Å². The first kappa shape index (κ1) is 17.9. The number of carbonyl (C=O) groups excluding carboxylic acids is 1. The van der Waals surface area contributed by atoms with Gasteiger partial charge in [0.25, 0.3) is 0 Å². The number of para-hydroxylation sites is 2. The maximum absolute atomic E-state index is 12.5. The number of urea groups is 1. The molecule has 0 aliphatic carbocycles. The number of rotatable bonds is 5. The number of ether oxygens (including phenoxy) is 2. The van der Waals surface area contributed by atoms with Gasteiger partial charge in [-0.25, -0.2) is 4.79 Å². The molecule has 0 fully saturated rings. The Kier molecular flexibility index (Phi) is 5.38. The average molecular weight is 375 g/mol. The van der Waals surface area contributed by atoms with Crippen LogP contribution in [-0.2, 0) is 0 Å². The van der Waals surface area contributed by atoms with E-state index in [4.69, 9.17) is 9.47 Å². The SMILES string of the molecule is O=C(NCC1COc2ccccc2O1)NC(c1ccccc1)c1ccccn1.